The summed E-state index contributed by atoms with van der Waals surface area (Å²) in [6, 6.07) is 5.99. The summed E-state index contributed by atoms with van der Waals surface area (Å²) in [5, 5.41) is 0. The molecule has 1 heterocycles. The first-order chi connectivity index (χ1) is 16.1. The van der Waals surface area contributed by atoms with Crippen LogP contribution >= 0.6 is 0 Å². The molecule has 1 aliphatic heterocycles. The van der Waals surface area contributed by atoms with Crippen LogP contribution in [-0.2, 0) is 29.7 Å². The molecular formula is C22H58O7Si7. The van der Waals surface area contributed by atoms with Crippen LogP contribution in [0.15, 0.2) is 0 Å². The van der Waals surface area contributed by atoms with E-state index < -0.39 is 59.2 Å². The summed E-state index contributed by atoms with van der Waals surface area (Å²) in [6.07, 6.45) is 2.32. The van der Waals surface area contributed by atoms with Gasteiger partial charge in [-0.2, -0.15) is 0 Å². The van der Waals surface area contributed by atoms with Gasteiger partial charge in [-0.25, -0.2) is 0 Å². The lowest BCUT2D eigenvalue weighted by molar-refractivity contribution is 0.124. The minimum absolute atomic E-state index is 0.661. The van der Waals surface area contributed by atoms with Crippen LogP contribution in [0.1, 0.15) is 12.8 Å². The Morgan fingerprint density at radius 1 is 0.500 bits per heavy atom. The molecule has 0 aromatic rings. The van der Waals surface area contributed by atoms with E-state index in [2.05, 4.69) is 72.0 Å². The van der Waals surface area contributed by atoms with E-state index in [0.29, 0.717) is 6.04 Å². The molecule has 3 unspecified atom stereocenters. The van der Waals surface area contributed by atoms with Crippen molar-refractivity contribution in [1.82, 2.24) is 0 Å². The summed E-state index contributed by atoms with van der Waals surface area (Å²) >= 11 is 0. The first-order valence-corrected chi connectivity index (χ1v) is 33.3. The third kappa shape index (κ3) is 12.6. The van der Waals surface area contributed by atoms with Gasteiger partial charge in [0, 0.05) is 43.5 Å². The summed E-state index contributed by atoms with van der Waals surface area (Å²) < 4.78 is 45.5. The molecule has 1 fully saturated rings. The van der Waals surface area contributed by atoms with E-state index in [1.165, 1.54) is 18.5 Å². The molecule has 1 rings (SSSR count). The smallest absolute Gasteiger partial charge is 0.416 e. The molecule has 7 nitrogen and oxygen atoms in total. The molecule has 0 aromatic heterocycles. The molecule has 3 atom stereocenters. The van der Waals surface area contributed by atoms with E-state index in [1.54, 1.807) is 21.3 Å². The Hall–Kier alpha value is 1.24. The van der Waals surface area contributed by atoms with E-state index in [-0.39, 0.29) is 0 Å². The van der Waals surface area contributed by atoms with Gasteiger partial charge in [0.25, 0.3) is 0 Å². The maximum Gasteiger partial charge on any atom is 0.500 e. The van der Waals surface area contributed by atoms with E-state index in [0.717, 1.165) is 24.6 Å². The van der Waals surface area contributed by atoms with Crippen molar-refractivity contribution in [3.8, 4) is 0 Å². The van der Waals surface area contributed by atoms with Crippen LogP contribution in [-0.4, -0.2) is 80.5 Å². The minimum Gasteiger partial charge on any atom is -0.416 e. The van der Waals surface area contributed by atoms with Crippen molar-refractivity contribution in [2.75, 3.05) is 21.3 Å². The summed E-state index contributed by atoms with van der Waals surface area (Å²) in [5.74, 6) is 0. The van der Waals surface area contributed by atoms with Gasteiger partial charge >= 0.3 is 43.0 Å². The highest BCUT2D eigenvalue weighted by atomic mass is 28.5. The second-order valence-corrected chi connectivity index (χ2v) is 42.5. The first-order valence-electron chi connectivity index (χ1n) is 13.6. The van der Waals surface area contributed by atoms with Gasteiger partial charge < -0.3 is 29.7 Å². The predicted octanol–water partition coefficient (Wildman–Crippen LogP) is 7.32. The molecule has 1 saturated heterocycles. The zero-order valence-corrected chi connectivity index (χ0v) is 33.0. The Labute approximate surface area is 230 Å². The number of hydrogen-bond donors (Lipinski definition) is 0. The summed E-state index contributed by atoms with van der Waals surface area (Å²) in [5.41, 5.74) is 0. The fourth-order valence-corrected chi connectivity index (χ4v) is 34.4. The monoisotopic (exact) mass is 630 g/mol. The van der Waals surface area contributed by atoms with Crippen LogP contribution in [0.25, 0.3) is 0 Å². The second kappa shape index (κ2) is 13.3. The Kier molecular flexibility index (Phi) is 13.0. The van der Waals surface area contributed by atoms with Crippen LogP contribution in [0.5, 0.6) is 0 Å². The average molecular weight is 631 g/mol. The molecule has 0 aromatic carbocycles. The quantitative estimate of drug-likeness (QED) is 0.186. The molecule has 216 valence electrons. The lowest BCUT2D eigenvalue weighted by Gasteiger charge is -2.50. The summed E-state index contributed by atoms with van der Waals surface area (Å²) in [7, 11) is -10.2. The topological polar surface area (TPSA) is 64.6 Å². The van der Waals surface area contributed by atoms with E-state index in [9.17, 15) is 0 Å². The van der Waals surface area contributed by atoms with Crippen molar-refractivity contribution < 1.29 is 29.7 Å². The number of rotatable bonds is 14. The normalized spacial score (nSPS) is 30.2. The molecule has 1 aliphatic rings. The standard InChI is InChI=1S/C22H58O7Si7/c1-23-36(24-2,25-3)22-21-35(14)27-32(10,11)26-33(12,19-15-17-30(4,5)6)28-34(13,29-35)20-16-18-31(7,8)9/h15-22H2,1-14H3. The van der Waals surface area contributed by atoms with Crippen LogP contribution in [0.3, 0.4) is 0 Å². The Morgan fingerprint density at radius 2 is 0.833 bits per heavy atom. The highest BCUT2D eigenvalue weighted by Gasteiger charge is 2.56. The van der Waals surface area contributed by atoms with Gasteiger partial charge in [0.15, 0.2) is 0 Å². The molecular weight excluding hydrogens is 573 g/mol. The largest absolute Gasteiger partial charge is 0.500 e. The molecule has 0 aliphatic carbocycles. The van der Waals surface area contributed by atoms with Crippen molar-refractivity contribution in [1.29, 1.82) is 0 Å². The molecule has 0 saturated carbocycles. The van der Waals surface area contributed by atoms with Crippen molar-refractivity contribution in [3.05, 3.63) is 0 Å². The molecule has 36 heavy (non-hydrogen) atoms. The highest BCUT2D eigenvalue weighted by Crippen LogP contribution is 2.39. The zero-order chi connectivity index (χ0) is 28.1. The summed E-state index contributed by atoms with van der Waals surface area (Å²) in [4.78, 5) is 0. The van der Waals surface area contributed by atoms with Gasteiger partial charge in [0.1, 0.15) is 0 Å². The van der Waals surface area contributed by atoms with Gasteiger partial charge in [0.05, 0.1) is 0 Å². The van der Waals surface area contributed by atoms with Gasteiger partial charge in [-0.3, -0.25) is 0 Å². The molecule has 0 N–H and O–H groups in total. The van der Waals surface area contributed by atoms with Crippen molar-refractivity contribution >= 4 is 59.2 Å². The zero-order valence-electron chi connectivity index (χ0n) is 26.0. The lowest BCUT2D eigenvalue weighted by atomic mass is 10.6. The fourth-order valence-electron chi connectivity index (χ4n) is 5.16. The van der Waals surface area contributed by atoms with E-state index in [1.807, 2.05) is 0 Å². The Balaban J connectivity index is 3.26. The van der Waals surface area contributed by atoms with Crippen LogP contribution < -0.4 is 0 Å². The molecule has 0 radical (unpaired) electrons. The third-order valence-electron chi connectivity index (χ3n) is 6.72. The van der Waals surface area contributed by atoms with Crippen LogP contribution in [0.2, 0.25) is 108 Å². The van der Waals surface area contributed by atoms with Crippen LogP contribution in [0, 0.1) is 0 Å². The van der Waals surface area contributed by atoms with Gasteiger partial charge in [-0.05, 0) is 50.9 Å². The van der Waals surface area contributed by atoms with Gasteiger partial charge in [-0.1, -0.05) is 64.2 Å². The maximum absolute atomic E-state index is 7.21. The molecule has 0 bridgehead atoms. The molecule has 0 amide bonds. The Morgan fingerprint density at radius 3 is 1.17 bits per heavy atom. The van der Waals surface area contributed by atoms with Crippen molar-refractivity contribution in [2.24, 2.45) is 0 Å². The van der Waals surface area contributed by atoms with E-state index >= 15 is 0 Å². The summed E-state index contributed by atoms with van der Waals surface area (Å²) in [6.45, 7) is 25.7. The Bertz CT molecular complexity index is 676. The van der Waals surface area contributed by atoms with Crippen molar-refractivity contribution in [2.45, 2.75) is 121 Å². The predicted molar refractivity (Wildman–Crippen MR) is 168 cm³/mol. The average Bonchev–Trinajstić information content (AvgIpc) is 2.65. The van der Waals surface area contributed by atoms with E-state index in [4.69, 9.17) is 29.7 Å². The highest BCUT2D eigenvalue weighted by molar-refractivity contribution is 6.94. The van der Waals surface area contributed by atoms with Gasteiger partial charge in [-0.15, -0.1) is 0 Å². The third-order valence-corrected chi connectivity index (χ3v) is 31.6. The van der Waals surface area contributed by atoms with Crippen LogP contribution in [0.4, 0.5) is 0 Å². The first kappa shape index (κ1) is 35.3. The SMILES string of the molecule is CO[Si](CC[Si]1(C)O[Si](C)(C)O[Si](C)(CCC[Si](C)(C)C)O[Si](C)(CCC[Si](C)(C)C)O1)(OC)OC. The fraction of sp³-hybridized carbons (Fsp3) is 1.00. The molecule has 0 spiro atoms. The molecule has 14 heteroatoms. The maximum atomic E-state index is 7.21. The minimum atomic E-state index is -2.74. The lowest BCUT2D eigenvalue weighted by Crippen LogP contribution is -2.66. The van der Waals surface area contributed by atoms with Crippen molar-refractivity contribution in [3.63, 3.8) is 0 Å². The second-order valence-electron chi connectivity index (χ2n) is 13.8. The van der Waals surface area contributed by atoms with Gasteiger partial charge in [0.2, 0.25) is 0 Å². The number of hydrogen-bond acceptors (Lipinski definition) is 7.